The molecule has 0 heterocycles. The number of hydrogen-bond acceptors (Lipinski definition) is 3. The maximum absolute atomic E-state index is 12.4. The van der Waals surface area contributed by atoms with Crippen molar-refractivity contribution in [3.63, 3.8) is 0 Å². The van der Waals surface area contributed by atoms with Gasteiger partial charge in [0.15, 0.2) is 0 Å². The average Bonchev–Trinajstić information content (AvgIpc) is 2.55. The third kappa shape index (κ3) is 4.13. The van der Waals surface area contributed by atoms with E-state index >= 15 is 0 Å². The summed E-state index contributed by atoms with van der Waals surface area (Å²) in [6.07, 6.45) is 0. The molecule has 2 rings (SSSR count). The van der Waals surface area contributed by atoms with Crippen molar-refractivity contribution in [2.45, 2.75) is 19.9 Å². The molecule has 118 valence electrons. The second-order valence-electron chi connectivity index (χ2n) is 5.43. The van der Waals surface area contributed by atoms with E-state index in [0.717, 1.165) is 5.56 Å². The highest BCUT2D eigenvalue weighted by molar-refractivity contribution is 6.02. The van der Waals surface area contributed by atoms with E-state index < -0.39 is 12.0 Å². The number of carbonyl (C=O) groups is 3. The van der Waals surface area contributed by atoms with E-state index in [2.05, 4.69) is 5.32 Å². The van der Waals surface area contributed by atoms with Gasteiger partial charge in [0.1, 0.15) is 17.5 Å². The van der Waals surface area contributed by atoms with Crippen LogP contribution in [-0.4, -0.2) is 17.5 Å². The molecular weight excluding hydrogens is 290 g/mol. The molecule has 0 saturated heterocycles. The first-order valence-electron chi connectivity index (χ1n) is 7.42. The van der Waals surface area contributed by atoms with Gasteiger partial charge in [-0.1, -0.05) is 48.5 Å². The summed E-state index contributed by atoms with van der Waals surface area (Å²) >= 11 is 0. The van der Waals surface area contributed by atoms with Gasteiger partial charge in [0.25, 0.3) is 5.91 Å². The number of carbonyl (C=O) groups excluding carboxylic acids is 3. The molecule has 2 aromatic carbocycles. The first-order valence-corrected chi connectivity index (χ1v) is 7.42. The van der Waals surface area contributed by atoms with Gasteiger partial charge in [0.2, 0.25) is 0 Å². The summed E-state index contributed by atoms with van der Waals surface area (Å²) in [5, 5.41) is 2.83. The van der Waals surface area contributed by atoms with Crippen LogP contribution in [0.15, 0.2) is 60.7 Å². The molecule has 1 N–H and O–H groups in total. The van der Waals surface area contributed by atoms with Gasteiger partial charge in [-0.05, 0) is 31.5 Å². The van der Waals surface area contributed by atoms with Crippen LogP contribution in [0.5, 0.6) is 0 Å². The van der Waals surface area contributed by atoms with Crippen LogP contribution in [0.1, 0.15) is 35.8 Å². The highest BCUT2D eigenvalue weighted by Gasteiger charge is 2.32. The molecule has 4 heteroatoms. The smallest absolute Gasteiger partial charge is 0.251 e. The van der Waals surface area contributed by atoms with E-state index in [1.54, 1.807) is 36.4 Å². The van der Waals surface area contributed by atoms with Crippen LogP contribution in [0.2, 0.25) is 0 Å². The first kappa shape index (κ1) is 16.6. The van der Waals surface area contributed by atoms with Crippen LogP contribution < -0.4 is 5.32 Å². The van der Waals surface area contributed by atoms with Gasteiger partial charge in [-0.2, -0.15) is 0 Å². The Morgan fingerprint density at radius 2 is 1.26 bits per heavy atom. The second kappa shape index (κ2) is 7.49. The molecule has 0 aliphatic heterocycles. The van der Waals surface area contributed by atoms with Crippen LogP contribution in [-0.2, 0) is 9.59 Å². The molecule has 0 unspecified atom stereocenters. The first-order chi connectivity index (χ1) is 11.0. The molecule has 4 nitrogen and oxygen atoms in total. The molecule has 0 bridgehead atoms. The Hall–Kier alpha value is -2.75. The Morgan fingerprint density at radius 1 is 0.783 bits per heavy atom. The van der Waals surface area contributed by atoms with Crippen LogP contribution in [0, 0.1) is 5.92 Å². The van der Waals surface area contributed by atoms with E-state index in [1.807, 2.05) is 24.3 Å². The summed E-state index contributed by atoms with van der Waals surface area (Å²) < 4.78 is 0. The van der Waals surface area contributed by atoms with Crippen LogP contribution in [0.3, 0.4) is 0 Å². The van der Waals surface area contributed by atoms with Crippen LogP contribution >= 0.6 is 0 Å². The van der Waals surface area contributed by atoms with Gasteiger partial charge in [0.05, 0.1) is 6.04 Å². The summed E-state index contributed by atoms with van der Waals surface area (Å²) in [7, 11) is 0. The van der Waals surface area contributed by atoms with Crippen molar-refractivity contribution in [1.29, 1.82) is 0 Å². The second-order valence-corrected chi connectivity index (χ2v) is 5.43. The van der Waals surface area contributed by atoms with E-state index in [4.69, 9.17) is 0 Å². The molecule has 1 atom stereocenters. The number of nitrogens with one attached hydrogen (secondary N) is 1. The van der Waals surface area contributed by atoms with Crippen molar-refractivity contribution in [2.24, 2.45) is 5.92 Å². The Balaban J connectivity index is 2.36. The molecule has 0 fully saturated rings. The molecule has 23 heavy (non-hydrogen) atoms. The van der Waals surface area contributed by atoms with Crippen molar-refractivity contribution in [1.82, 2.24) is 5.32 Å². The minimum Gasteiger partial charge on any atom is -0.344 e. The zero-order chi connectivity index (χ0) is 16.8. The Morgan fingerprint density at radius 3 is 1.74 bits per heavy atom. The summed E-state index contributed by atoms with van der Waals surface area (Å²) in [5.41, 5.74) is 1.21. The fourth-order valence-electron chi connectivity index (χ4n) is 2.59. The maximum Gasteiger partial charge on any atom is 0.251 e. The monoisotopic (exact) mass is 309 g/mol. The lowest BCUT2D eigenvalue weighted by atomic mass is 9.87. The summed E-state index contributed by atoms with van der Waals surface area (Å²) in [5.74, 6) is -1.74. The topological polar surface area (TPSA) is 63.2 Å². The fraction of sp³-hybridized carbons (Fsp3) is 0.211. The van der Waals surface area contributed by atoms with Crippen molar-refractivity contribution in [3.8, 4) is 0 Å². The fourth-order valence-corrected chi connectivity index (χ4v) is 2.59. The average molecular weight is 309 g/mol. The van der Waals surface area contributed by atoms with Gasteiger partial charge in [-0.25, -0.2) is 0 Å². The number of amides is 1. The molecule has 0 aliphatic rings. The molecule has 2 aromatic rings. The quantitative estimate of drug-likeness (QED) is 0.834. The SMILES string of the molecule is CC(=O)C(C(C)=O)[C@@H](NC(=O)c1ccccc1)c1ccccc1. The minimum absolute atomic E-state index is 0.264. The Bertz CT molecular complexity index is 681. The van der Waals surface area contributed by atoms with Gasteiger partial charge in [-0.15, -0.1) is 0 Å². The van der Waals surface area contributed by atoms with E-state index in [9.17, 15) is 14.4 Å². The van der Waals surface area contributed by atoms with Crippen molar-refractivity contribution >= 4 is 17.5 Å². The zero-order valence-electron chi connectivity index (χ0n) is 13.2. The van der Waals surface area contributed by atoms with Gasteiger partial charge >= 0.3 is 0 Å². The molecule has 0 spiro atoms. The van der Waals surface area contributed by atoms with E-state index in [0.29, 0.717) is 5.56 Å². The molecule has 0 radical (unpaired) electrons. The maximum atomic E-state index is 12.4. The standard InChI is InChI=1S/C19H19NO3/c1-13(21)17(14(2)22)18(15-9-5-3-6-10-15)20-19(23)16-11-7-4-8-12-16/h3-12,17-18H,1-2H3,(H,20,23)/t18-/m0/s1. The van der Waals surface area contributed by atoms with Gasteiger partial charge in [-0.3, -0.25) is 14.4 Å². The molecule has 0 saturated carbocycles. The normalized spacial score (nSPS) is 11.8. The molecule has 0 aromatic heterocycles. The summed E-state index contributed by atoms with van der Waals surface area (Å²) in [6, 6.07) is 17.1. The third-order valence-electron chi connectivity index (χ3n) is 3.69. The minimum atomic E-state index is -0.898. The van der Waals surface area contributed by atoms with Crippen molar-refractivity contribution < 1.29 is 14.4 Å². The highest BCUT2D eigenvalue weighted by atomic mass is 16.2. The highest BCUT2D eigenvalue weighted by Crippen LogP contribution is 2.24. The van der Waals surface area contributed by atoms with Gasteiger partial charge < -0.3 is 5.32 Å². The number of benzene rings is 2. The van der Waals surface area contributed by atoms with Gasteiger partial charge in [0, 0.05) is 5.56 Å². The number of rotatable bonds is 6. The predicted molar refractivity (Wildman–Crippen MR) is 87.9 cm³/mol. The van der Waals surface area contributed by atoms with Crippen LogP contribution in [0.4, 0.5) is 0 Å². The Labute approximate surface area is 135 Å². The molecule has 0 aliphatic carbocycles. The lowest BCUT2D eigenvalue weighted by Crippen LogP contribution is -2.39. The molecular formula is C19H19NO3. The van der Waals surface area contributed by atoms with E-state index in [-0.39, 0.29) is 17.5 Å². The largest absolute Gasteiger partial charge is 0.344 e. The van der Waals surface area contributed by atoms with Crippen molar-refractivity contribution in [3.05, 3.63) is 71.8 Å². The number of hydrogen-bond donors (Lipinski definition) is 1. The number of ketones is 2. The lowest BCUT2D eigenvalue weighted by molar-refractivity contribution is -0.131. The summed E-state index contributed by atoms with van der Waals surface area (Å²) in [6.45, 7) is 2.74. The van der Waals surface area contributed by atoms with Crippen LogP contribution in [0.25, 0.3) is 0 Å². The predicted octanol–water partition coefficient (Wildman–Crippen LogP) is 2.95. The lowest BCUT2D eigenvalue weighted by Gasteiger charge is -2.25. The summed E-state index contributed by atoms with van der Waals surface area (Å²) in [4.78, 5) is 36.3. The Kier molecular flexibility index (Phi) is 5.41. The number of Topliss-reactive ketones (excluding diaryl/α,β-unsaturated/α-hetero) is 2. The van der Waals surface area contributed by atoms with Crippen molar-refractivity contribution in [2.75, 3.05) is 0 Å². The third-order valence-corrected chi connectivity index (χ3v) is 3.69. The zero-order valence-corrected chi connectivity index (χ0v) is 13.2. The molecule has 1 amide bonds. The van der Waals surface area contributed by atoms with E-state index in [1.165, 1.54) is 13.8 Å².